The Morgan fingerprint density at radius 1 is 1.19 bits per heavy atom. The van der Waals surface area contributed by atoms with Gasteiger partial charge in [0.1, 0.15) is 17.3 Å². The van der Waals surface area contributed by atoms with Crippen molar-refractivity contribution < 1.29 is 13.5 Å². The van der Waals surface area contributed by atoms with Gasteiger partial charge in [-0.1, -0.05) is 18.2 Å². The summed E-state index contributed by atoms with van der Waals surface area (Å²) in [5, 5.41) is 7.71. The highest BCUT2D eigenvalue weighted by Gasteiger charge is 2.16. The smallest absolute Gasteiger partial charge is 0.151 e. The van der Waals surface area contributed by atoms with Crippen LogP contribution in [0.25, 0.3) is 5.69 Å². The zero-order chi connectivity index (χ0) is 18.7. The van der Waals surface area contributed by atoms with Crippen molar-refractivity contribution in [2.24, 2.45) is 0 Å². The molecule has 6 heteroatoms. The highest BCUT2D eigenvalue weighted by Crippen LogP contribution is 2.23. The first-order valence-corrected chi connectivity index (χ1v) is 8.36. The van der Waals surface area contributed by atoms with Crippen molar-refractivity contribution in [2.45, 2.75) is 26.4 Å². The molecule has 3 aromatic rings. The number of methoxy groups -OCH3 is 1. The summed E-state index contributed by atoms with van der Waals surface area (Å²) in [6.07, 6.45) is 1.71. The van der Waals surface area contributed by atoms with Gasteiger partial charge in [0.05, 0.1) is 13.3 Å². The van der Waals surface area contributed by atoms with Crippen molar-refractivity contribution in [1.29, 1.82) is 0 Å². The van der Waals surface area contributed by atoms with Crippen LogP contribution in [-0.4, -0.2) is 16.9 Å². The van der Waals surface area contributed by atoms with Crippen LogP contribution in [0.3, 0.4) is 0 Å². The van der Waals surface area contributed by atoms with Gasteiger partial charge in [0.2, 0.25) is 0 Å². The molecule has 2 aromatic carbocycles. The summed E-state index contributed by atoms with van der Waals surface area (Å²) in [4.78, 5) is 0. The molecule has 0 aliphatic heterocycles. The summed E-state index contributed by atoms with van der Waals surface area (Å²) in [5.41, 5.74) is 3.03. The van der Waals surface area contributed by atoms with Gasteiger partial charge in [0, 0.05) is 35.5 Å². The van der Waals surface area contributed by atoms with Gasteiger partial charge < -0.3 is 10.1 Å². The van der Waals surface area contributed by atoms with Crippen molar-refractivity contribution in [3.05, 3.63) is 77.1 Å². The Bertz CT molecular complexity index is 908. The van der Waals surface area contributed by atoms with Gasteiger partial charge in [-0.25, -0.2) is 13.5 Å². The molecule has 0 radical (unpaired) electrons. The second-order valence-electron chi connectivity index (χ2n) is 6.11. The topological polar surface area (TPSA) is 39.1 Å². The van der Waals surface area contributed by atoms with Crippen LogP contribution in [0, 0.1) is 18.6 Å². The van der Waals surface area contributed by atoms with Crippen molar-refractivity contribution in [2.75, 3.05) is 7.11 Å². The highest BCUT2D eigenvalue weighted by atomic mass is 19.1. The molecule has 1 aromatic heterocycles. The first kappa shape index (κ1) is 18.1. The minimum atomic E-state index is -0.641. The standard InChI is InChI=1S/C20H21F2N3O/c1-13(23-11-15-6-4-5-7-20(15)26-3)17-12-24-25(14(17)2)19-9-8-16(21)10-18(19)22/h4-10,12-13,23H,11H2,1-3H3/t13-/m0/s1. The third-order valence-electron chi connectivity index (χ3n) is 4.44. The average Bonchev–Trinajstić information content (AvgIpc) is 3.01. The number of ether oxygens (including phenoxy) is 1. The molecule has 3 rings (SSSR count). The first-order chi connectivity index (χ1) is 12.5. The maximum atomic E-state index is 14.0. The lowest BCUT2D eigenvalue weighted by molar-refractivity contribution is 0.406. The van der Waals surface area contributed by atoms with E-state index in [1.54, 1.807) is 13.3 Å². The van der Waals surface area contributed by atoms with E-state index in [-0.39, 0.29) is 11.7 Å². The second kappa shape index (κ2) is 7.66. The predicted molar refractivity (Wildman–Crippen MR) is 96.5 cm³/mol. The van der Waals surface area contributed by atoms with Crippen LogP contribution in [0.4, 0.5) is 8.78 Å². The largest absolute Gasteiger partial charge is 0.496 e. The molecule has 0 aliphatic rings. The van der Waals surface area contributed by atoms with E-state index in [2.05, 4.69) is 10.4 Å². The zero-order valence-electron chi connectivity index (χ0n) is 15.0. The molecule has 26 heavy (non-hydrogen) atoms. The summed E-state index contributed by atoms with van der Waals surface area (Å²) in [7, 11) is 1.65. The van der Waals surface area contributed by atoms with Crippen LogP contribution in [0.1, 0.15) is 29.8 Å². The lowest BCUT2D eigenvalue weighted by Gasteiger charge is -2.16. The molecule has 0 saturated carbocycles. The number of nitrogens with zero attached hydrogens (tertiary/aromatic N) is 2. The Hall–Kier alpha value is -2.73. The number of halogens is 2. The van der Waals surface area contributed by atoms with Crippen LogP contribution < -0.4 is 10.1 Å². The van der Waals surface area contributed by atoms with Gasteiger partial charge in [0.15, 0.2) is 5.82 Å². The Kier molecular flexibility index (Phi) is 5.32. The number of hydrogen-bond acceptors (Lipinski definition) is 3. The molecular formula is C20H21F2N3O. The summed E-state index contributed by atoms with van der Waals surface area (Å²) in [5.74, 6) is -0.423. The predicted octanol–water partition coefficient (Wildman–Crippen LogP) is 4.32. The minimum Gasteiger partial charge on any atom is -0.496 e. The van der Waals surface area contributed by atoms with Crippen molar-refractivity contribution in [3.63, 3.8) is 0 Å². The fraction of sp³-hybridized carbons (Fsp3) is 0.250. The Balaban J connectivity index is 1.78. The normalized spacial score (nSPS) is 12.2. The van der Waals surface area contributed by atoms with Gasteiger partial charge in [-0.2, -0.15) is 5.10 Å². The van der Waals surface area contributed by atoms with E-state index in [0.29, 0.717) is 6.54 Å². The van der Waals surface area contributed by atoms with Crippen LogP contribution in [0.5, 0.6) is 5.75 Å². The molecule has 4 nitrogen and oxygen atoms in total. The lowest BCUT2D eigenvalue weighted by atomic mass is 10.1. The monoisotopic (exact) mass is 357 g/mol. The van der Waals surface area contributed by atoms with Gasteiger partial charge >= 0.3 is 0 Å². The van der Waals surface area contributed by atoms with Gasteiger partial charge in [0.25, 0.3) is 0 Å². The molecule has 1 atom stereocenters. The van der Waals surface area contributed by atoms with Crippen molar-refractivity contribution in [1.82, 2.24) is 15.1 Å². The maximum absolute atomic E-state index is 14.0. The third kappa shape index (κ3) is 3.60. The quantitative estimate of drug-likeness (QED) is 0.714. The van der Waals surface area contributed by atoms with E-state index in [0.717, 1.165) is 28.6 Å². The van der Waals surface area contributed by atoms with E-state index < -0.39 is 11.6 Å². The molecule has 0 bridgehead atoms. The molecule has 0 saturated heterocycles. The molecule has 136 valence electrons. The molecule has 0 aliphatic carbocycles. The van der Waals surface area contributed by atoms with Crippen LogP contribution in [0.15, 0.2) is 48.7 Å². The van der Waals surface area contributed by atoms with E-state index in [4.69, 9.17) is 4.74 Å². The SMILES string of the molecule is COc1ccccc1CN[C@@H](C)c1cnn(-c2ccc(F)cc2F)c1C. The molecule has 0 amide bonds. The maximum Gasteiger partial charge on any atom is 0.151 e. The highest BCUT2D eigenvalue weighted by molar-refractivity contribution is 5.37. The van der Waals surface area contributed by atoms with Crippen LogP contribution >= 0.6 is 0 Å². The summed E-state index contributed by atoms with van der Waals surface area (Å²) in [6, 6.07) is 11.3. The second-order valence-corrected chi connectivity index (χ2v) is 6.11. The molecule has 0 spiro atoms. The number of para-hydroxylation sites is 1. The van der Waals surface area contributed by atoms with Crippen molar-refractivity contribution in [3.8, 4) is 11.4 Å². The number of hydrogen-bond donors (Lipinski definition) is 1. The average molecular weight is 357 g/mol. The zero-order valence-corrected chi connectivity index (χ0v) is 15.0. The molecular weight excluding hydrogens is 336 g/mol. The number of nitrogens with one attached hydrogen (secondary N) is 1. The Morgan fingerprint density at radius 2 is 1.96 bits per heavy atom. The number of benzene rings is 2. The third-order valence-corrected chi connectivity index (χ3v) is 4.44. The van der Waals surface area contributed by atoms with Crippen molar-refractivity contribution >= 4 is 0 Å². The number of aromatic nitrogens is 2. The molecule has 1 N–H and O–H groups in total. The van der Waals surface area contributed by atoms with E-state index >= 15 is 0 Å². The lowest BCUT2D eigenvalue weighted by Crippen LogP contribution is -2.19. The fourth-order valence-corrected chi connectivity index (χ4v) is 2.97. The molecule has 0 unspecified atom stereocenters. The van der Waals surface area contributed by atoms with Gasteiger partial charge in [-0.05, 0) is 32.0 Å². The van der Waals surface area contributed by atoms with Gasteiger partial charge in [-0.15, -0.1) is 0 Å². The Labute approximate surface area is 151 Å². The molecule has 1 heterocycles. The summed E-state index contributed by atoms with van der Waals surface area (Å²) < 4.78 is 34.0. The summed E-state index contributed by atoms with van der Waals surface area (Å²) in [6.45, 7) is 4.51. The first-order valence-electron chi connectivity index (χ1n) is 8.36. The van der Waals surface area contributed by atoms with E-state index in [1.807, 2.05) is 38.1 Å². The molecule has 0 fully saturated rings. The van der Waals surface area contributed by atoms with Crippen LogP contribution in [-0.2, 0) is 6.54 Å². The number of rotatable bonds is 6. The fourth-order valence-electron chi connectivity index (χ4n) is 2.97. The van der Waals surface area contributed by atoms with E-state index in [9.17, 15) is 8.78 Å². The van der Waals surface area contributed by atoms with E-state index in [1.165, 1.54) is 16.8 Å². The minimum absolute atomic E-state index is 0.00262. The summed E-state index contributed by atoms with van der Waals surface area (Å²) >= 11 is 0. The Morgan fingerprint density at radius 3 is 2.69 bits per heavy atom. The van der Waals surface area contributed by atoms with Gasteiger partial charge in [-0.3, -0.25) is 0 Å². The van der Waals surface area contributed by atoms with Crippen LogP contribution in [0.2, 0.25) is 0 Å².